The summed E-state index contributed by atoms with van der Waals surface area (Å²) in [6.45, 7) is 6.85. The lowest BCUT2D eigenvalue weighted by Gasteiger charge is -2.24. The number of nitrogens with zero attached hydrogens (tertiary/aromatic N) is 4. The van der Waals surface area contributed by atoms with Gasteiger partial charge in [0.15, 0.2) is 0 Å². The molecule has 0 N–H and O–H groups in total. The van der Waals surface area contributed by atoms with Crippen molar-refractivity contribution in [3.63, 3.8) is 0 Å². The van der Waals surface area contributed by atoms with Crippen LogP contribution in [0.15, 0.2) is 36.8 Å². The molecule has 29 heavy (non-hydrogen) atoms. The second-order valence-electron chi connectivity index (χ2n) is 8.36. The van der Waals surface area contributed by atoms with Crippen LogP contribution in [-0.4, -0.2) is 51.6 Å². The number of imidazole rings is 1. The molecule has 1 aliphatic carbocycles. The van der Waals surface area contributed by atoms with Crippen molar-refractivity contribution in [2.45, 2.75) is 26.3 Å². The molecule has 2 heterocycles. The molecule has 6 nitrogen and oxygen atoms in total. The highest BCUT2D eigenvalue weighted by molar-refractivity contribution is 6.30. The van der Waals surface area contributed by atoms with E-state index in [9.17, 15) is 4.79 Å². The molecular formula is C22H29ClN4O2. The number of aromatic nitrogens is 2. The minimum Gasteiger partial charge on any atom is -0.389 e. The van der Waals surface area contributed by atoms with Gasteiger partial charge in [0.25, 0.3) is 0 Å². The Kier molecular flexibility index (Phi) is 6.11. The molecule has 2 unspecified atom stereocenters. The summed E-state index contributed by atoms with van der Waals surface area (Å²) in [6.07, 6.45) is 5.12. The second kappa shape index (κ2) is 8.76. The van der Waals surface area contributed by atoms with Gasteiger partial charge in [0.2, 0.25) is 5.88 Å². The first-order chi connectivity index (χ1) is 14.0. The zero-order valence-electron chi connectivity index (χ0n) is 17.1. The number of benzene rings is 1. The van der Waals surface area contributed by atoms with Crippen LogP contribution in [-0.2, 0) is 13.6 Å². The SMILES string of the molecule is CCCCN(CC1C2CN(Cc3ccc(Cl)cc3)CC21)C(=O)Oc1cn(C)cn1. The van der Waals surface area contributed by atoms with Gasteiger partial charge in [0.05, 0.1) is 12.5 Å². The van der Waals surface area contributed by atoms with Gasteiger partial charge in [-0.05, 0) is 41.9 Å². The van der Waals surface area contributed by atoms with E-state index >= 15 is 0 Å². The van der Waals surface area contributed by atoms with Crippen LogP contribution >= 0.6 is 11.6 Å². The number of hydrogen-bond donors (Lipinski definition) is 0. The molecule has 0 spiro atoms. The number of piperidine rings is 1. The van der Waals surface area contributed by atoms with E-state index in [-0.39, 0.29) is 6.09 Å². The summed E-state index contributed by atoms with van der Waals surface area (Å²) in [5.74, 6) is 2.33. The van der Waals surface area contributed by atoms with Gasteiger partial charge in [-0.15, -0.1) is 0 Å². The Morgan fingerprint density at radius 1 is 1.28 bits per heavy atom. The maximum absolute atomic E-state index is 12.7. The van der Waals surface area contributed by atoms with Crippen molar-refractivity contribution in [2.24, 2.45) is 24.8 Å². The number of unbranched alkanes of at least 4 members (excludes halogenated alkanes) is 1. The monoisotopic (exact) mass is 416 g/mol. The molecule has 1 saturated carbocycles. The number of halogens is 1. The second-order valence-corrected chi connectivity index (χ2v) is 8.79. The molecule has 2 aliphatic rings. The van der Waals surface area contributed by atoms with Gasteiger partial charge in [-0.2, -0.15) is 0 Å². The first-order valence-corrected chi connectivity index (χ1v) is 10.8. The fourth-order valence-corrected chi connectivity index (χ4v) is 4.57. The quantitative estimate of drug-likeness (QED) is 0.651. The van der Waals surface area contributed by atoms with Gasteiger partial charge >= 0.3 is 6.09 Å². The average Bonchev–Trinajstić information content (AvgIpc) is 3.01. The zero-order chi connectivity index (χ0) is 20.4. The van der Waals surface area contributed by atoms with E-state index in [4.69, 9.17) is 16.3 Å². The van der Waals surface area contributed by atoms with E-state index in [0.717, 1.165) is 50.6 Å². The minimum absolute atomic E-state index is 0.278. The van der Waals surface area contributed by atoms with Crippen LogP contribution in [0.25, 0.3) is 0 Å². The van der Waals surface area contributed by atoms with Crippen LogP contribution in [0.4, 0.5) is 4.79 Å². The lowest BCUT2D eigenvalue weighted by molar-refractivity contribution is 0.143. The van der Waals surface area contributed by atoms with E-state index in [1.807, 2.05) is 24.1 Å². The van der Waals surface area contributed by atoms with E-state index < -0.39 is 0 Å². The molecule has 1 aliphatic heterocycles. The number of amides is 1. The van der Waals surface area contributed by atoms with Gasteiger partial charge in [0.1, 0.15) is 0 Å². The van der Waals surface area contributed by atoms with E-state index in [2.05, 4.69) is 28.9 Å². The molecule has 0 bridgehead atoms. The third-order valence-electron chi connectivity index (χ3n) is 6.11. The van der Waals surface area contributed by atoms with Crippen molar-refractivity contribution >= 4 is 17.7 Å². The summed E-state index contributed by atoms with van der Waals surface area (Å²) in [5.41, 5.74) is 1.30. The first kappa shape index (κ1) is 20.2. The Hall–Kier alpha value is -2.05. The predicted molar refractivity (Wildman–Crippen MR) is 113 cm³/mol. The van der Waals surface area contributed by atoms with Gasteiger partial charge in [-0.1, -0.05) is 37.1 Å². The van der Waals surface area contributed by atoms with Crippen LogP contribution in [0.3, 0.4) is 0 Å². The van der Waals surface area contributed by atoms with Gasteiger partial charge < -0.3 is 14.2 Å². The maximum Gasteiger partial charge on any atom is 0.416 e. The number of aryl methyl sites for hydroxylation is 1. The van der Waals surface area contributed by atoms with Gasteiger partial charge in [0, 0.05) is 44.8 Å². The molecular weight excluding hydrogens is 388 g/mol. The molecule has 156 valence electrons. The Bertz CT molecular complexity index is 826. The maximum atomic E-state index is 12.7. The largest absolute Gasteiger partial charge is 0.416 e. The van der Waals surface area contributed by atoms with Crippen molar-refractivity contribution in [3.8, 4) is 5.88 Å². The number of fused-ring (bicyclic) bond motifs is 1. The summed E-state index contributed by atoms with van der Waals surface area (Å²) < 4.78 is 7.27. The number of rotatable bonds is 8. The third-order valence-corrected chi connectivity index (χ3v) is 6.36. The fourth-order valence-electron chi connectivity index (χ4n) is 4.44. The highest BCUT2D eigenvalue weighted by Crippen LogP contribution is 2.52. The molecule has 7 heteroatoms. The summed E-state index contributed by atoms with van der Waals surface area (Å²) in [6, 6.07) is 8.11. The number of likely N-dealkylation sites (tertiary alicyclic amines) is 1. The third kappa shape index (κ3) is 4.93. The van der Waals surface area contributed by atoms with Crippen molar-refractivity contribution in [1.29, 1.82) is 0 Å². The van der Waals surface area contributed by atoms with E-state index in [0.29, 0.717) is 23.6 Å². The van der Waals surface area contributed by atoms with Crippen LogP contribution in [0.1, 0.15) is 25.3 Å². The lowest BCUT2D eigenvalue weighted by atomic mass is 10.2. The molecule has 1 aromatic heterocycles. The molecule has 1 saturated heterocycles. The number of carbonyl (C=O) groups excluding carboxylic acids is 1. The summed E-state index contributed by atoms with van der Waals surface area (Å²) in [7, 11) is 1.86. The van der Waals surface area contributed by atoms with Gasteiger partial charge in [-0.25, -0.2) is 9.78 Å². The topological polar surface area (TPSA) is 50.6 Å². The fraction of sp³-hybridized carbons (Fsp3) is 0.545. The molecule has 2 atom stereocenters. The zero-order valence-corrected chi connectivity index (χ0v) is 17.9. The number of hydrogen-bond acceptors (Lipinski definition) is 4. The Morgan fingerprint density at radius 2 is 2.00 bits per heavy atom. The summed E-state index contributed by atoms with van der Waals surface area (Å²) in [5, 5.41) is 0.780. The molecule has 2 aromatic rings. The lowest BCUT2D eigenvalue weighted by Crippen LogP contribution is -2.37. The molecule has 1 aromatic carbocycles. The highest BCUT2D eigenvalue weighted by Gasteiger charge is 2.55. The Labute approximate surface area is 177 Å². The standard InChI is InChI=1S/C22H29ClN4O2/c1-3-4-9-27(22(28)29-21-14-25(2)15-24-21)13-20-18-11-26(12-19(18)20)10-16-5-7-17(23)8-6-16/h5-8,14-15,18-20H,3-4,9-13H2,1-2H3. The van der Waals surface area contributed by atoms with E-state index in [1.165, 1.54) is 5.56 Å². The number of carbonyl (C=O) groups is 1. The van der Waals surface area contributed by atoms with Crippen LogP contribution in [0.2, 0.25) is 5.02 Å². The van der Waals surface area contributed by atoms with E-state index in [1.54, 1.807) is 17.1 Å². The Balaban J connectivity index is 1.28. The average molecular weight is 417 g/mol. The summed E-state index contributed by atoms with van der Waals surface area (Å²) >= 11 is 5.98. The first-order valence-electron chi connectivity index (χ1n) is 10.4. The van der Waals surface area contributed by atoms with Gasteiger partial charge in [-0.3, -0.25) is 4.90 Å². The van der Waals surface area contributed by atoms with Crippen LogP contribution in [0.5, 0.6) is 5.88 Å². The molecule has 2 fully saturated rings. The van der Waals surface area contributed by atoms with Crippen molar-refractivity contribution < 1.29 is 9.53 Å². The molecule has 1 amide bonds. The number of ether oxygens (including phenoxy) is 1. The smallest absolute Gasteiger partial charge is 0.389 e. The summed E-state index contributed by atoms with van der Waals surface area (Å²) in [4.78, 5) is 21.2. The van der Waals surface area contributed by atoms with Crippen molar-refractivity contribution in [3.05, 3.63) is 47.4 Å². The highest BCUT2D eigenvalue weighted by atomic mass is 35.5. The van der Waals surface area contributed by atoms with Crippen molar-refractivity contribution in [1.82, 2.24) is 19.4 Å². The predicted octanol–water partition coefficient (Wildman–Crippen LogP) is 4.05. The molecule has 4 rings (SSSR count). The van der Waals surface area contributed by atoms with Crippen molar-refractivity contribution in [2.75, 3.05) is 26.2 Å². The molecule has 0 radical (unpaired) electrons. The normalized spacial score (nSPS) is 23.1. The minimum atomic E-state index is -0.278. The Morgan fingerprint density at radius 3 is 2.62 bits per heavy atom. The van der Waals surface area contributed by atoms with Crippen LogP contribution in [0, 0.1) is 17.8 Å². The van der Waals surface area contributed by atoms with Crippen LogP contribution < -0.4 is 4.74 Å².